The fraction of sp³-hybridized carbons (Fsp3) is 0.667. The van der Waals surface area contributed by atoms with Crippen molar-refractivity contribution < 1.29 is 5.11 Å². The summed E-state index contributed by atoms with van der Waals surface area (Å²) in [5, 5.41) is 13.8. The first-order valence-corrected chi connectivity index (χ1v) is 8.51. The van der Waals surface area contributed by atoms with Crippen molar-refractivity contribution in [2.24, 2.45) is 0 Å². The van der Waals surface area contributed by atoms with Gasteiger partial charge in [0.1, 0.15) is 0 Å². The van der Waals surface area contributed by atoms with Gasteiger partial charge >= 0.3 is 0 Å². The summed E-state index contributed by atoms with van der Waals surface area (Å²) in [6, 6.07) is 12.3. The van der Waals surface area contributed by atoms with Gasteiger partial charge in [0.25, 0.3) is 0 Å². The third-order valence-electron chi connectivity index (χ3n) is 5.26. The molecule has 0 aromatic heterocycles. The van der Waals surface area contributed by atoms with Gasteiger partial charge in [0.05, 0.1) is 6.10 Å². The molecule has 1 aromatic carbocycles. The predicted octanol–water partition coefficient (Wildman–Crippen LogP) is 1.30. The highest BCUT2D eigenvalue weighted by Gasteiger charge is 2.32. The van der Waals surface area contributed by atoms with Crippen molar-refractivity contribution in [3.8, 4) is 0 Å². The van der Waals surface area contributed by atoms with Crippen molar-refractivity contribution >= 4 is 0 Å². The number of β-amino-alcohol motifs (C(OH)–C–C–N with tert-alkyl or cyclic N) is 1. The van der Waals surface area contributed by atoms with Gasteiger partial charge in [-0.25, -0.2) is 0 Å². The Morgan fingerprint density at radius 3 is 2.64 bits per heavy atom. The van der Waals surface area contributed by atoms with E-state index in [1.807, 2.05) is 0 Å². The molecule has 2 aliphatic heterocycles. The van der Waals surface area contributed by atoms with Gasteiger partial charge in [-0.3, -0.25) is 4.90 Å². The third kappa shape index (κ3) is 3.87. The van der Waals surface area contributed by atoms with Gasteiger partial charge in [0.2, 0.25) is 0 Å². The molecule has 22 heavy (non-hydrogen) atoms. The third-order valence-corrected chi connectivity index (χ3v) is 5.26. The van der Waals surface area contributed by atoms with E-state index in [1.165, 1.54) is 12.0 Å². The van der Waals surface area contributed by atoms with Gasteiger partial charge in [-0.2, -0.15) is 0 Å². The Balaban J connectivity index is 1.52. The summed E-state index contributed by atoms with van der Waals surface area (Å²) in [5.41, 5.74) is 1.33. The summed E-state index contributed by atoms with van der Waals surface area (Å²) in [6.07, 6.45) is 1.93. The maximum Gasteiger partial charge on any atom is 0.0682 e. The van der Waals surface area contributed by atoms with Gasteiger partial charge in [0.15, 0.2) is 0 Å². The number of hydrogen-bond donors (Lipinski definition) is 2. The first-order valence-electron chi connectivity index (χ1n) is 8.51. The minimum absolute atomic E-state index is 0.180. The van der Waals surface area contributed by atoms with Gasteiger partial charge in [-0.05, 0) is 32.4 Å². The van der Waals surface area contributed by atoms with Crippen LogP contribution in [0, 0.1) is 0 Å². The van der Waals surface area contributed by atoms with Crippen molar-refractivity contribution in [3.63, 3.8) is 0 Å². The number of benzene rings is 1. The number of hydrogen-bond acceptors (Lipinski definition) is 4. The van der Waals surface area contributed by atoms with E-state index >= 15 is 0 Å². The molecule has 3 rings (SSSR count). The average molecular weight is 303 g/mol. The summed E-state index contributed by atoms with van der Waals surface area (Å²) in [7, 11) is 2.20. The molecule has 0 unspecified atom stereocenters. The summed E-state index contributed by atoms with van der Waals surface area (Å²) >= 11 is 0. The van der Waals surface area contributed by atoms with Crippen LogP contribution in [0.1, 0.15) is 25.3 Å². The van der Waals surface area contributed by atoms with Crippen LogP contribution >= 0.6 is 0 Å². The highest BCUT2D eigenvalue weighted by Crippen LogP contribution is 2.21. The van der Waals surface area contributed by atoms with Crippen LogP contribution in [0.4, 0.5) is 0 Å². The van der Waals surface area contributed by atoms with Crippen LogP contribution in [0.3, 0.4) is 0 Å². The average Bonchev–Trinajstić information content (AvgIpc) is 3.00. The van der Waals surface area contributed by atoms with Crippen molar-refractivity contribution in [2.45, 2.75) is 50.5 Å². The SMILES string of the molecule is C[C@@H]1C[C@H](NC[C@H]2C[C@@H](O)CN2Cc2ccccc2)CN1C. The number of likely N-dealkylation sites (N-methyl/N-ethyl adjacent to an activating group) is 1. The Morgan fingerprint density at radius 1 is 1.18 bits per heavy atom. The molecule has 0 saturated carbocycles. The number of nitrogens with zero attached hydrogens (tertiary/aromatic N) is 2. The second-order valence-corrected chi connectivity index (χ2v) is 7.09. The second kappa shape index (κ2) is 7.09. The van der Waals surface area contributed by atoms with Crippen molar-refractivity contribution in [1.82, 2.24) is 15.1 Å². The van der Waals surface area contributed by atoms with Gasteiger partial charge in [-0.1, -0.05) is 30.3 Å². The van der Waals surface area contributed by atoms with E-state index in [-0.39, 0.29) is 6.10 Å². The van der Waals surface area contributed by atoms with Crippen molar-refractivity contribution in [2.75, 3.05) is 26.7 Å². The molecule has 0 aliphatic carbocycles. The lowest BCUT2D eigenvalue weighted by Crippen LogP contribution is -2.42. The molecular formula is C18H29N3O. The minimum atomic E-state index is -0.180. The van der Waals surface area contributed by atoms with Gasteiger partial charge in [0, 0.05) is 44.3 Å². The first kappa shape index (κ1) is 15.9. The molecule has 2 saturated heterocycles. The number of aliphatic hydroxyl groups excluding tert-OH is 1. The zero-order valence-corrected chi connectivity index (χ0v) is 13.8. The zero-order chi connectivity index (χ0) is 15.5. The van der Waals surface area contributed by atoms with Gasteiger partial charge < -0.3 is 15.3 Å². The Labute approximate surface area is 134 Å². The maximum atomic E-state index is 10.0. The fourth-order valence-corrected chi connectivity index (χ4v) is 3.83. The van der Waals surface area contributed by atoms with E-state index in [0.29, 0.717) is 18.1 Å². The topological polar surface area (TPSA) is 38.7 Å². The number of rotatable bonds is 5. The van der Waals surface area contributed by atoms with Crippen LogP contribution in [0.2, 0.25) is 0 Å². The van der Waals surface area contributed by atoms with Crippen LogP contribution in [0.5, 0.6) is 0 Å². The van der Waals surface area contributed by atoms with Crippen LogP contribution in [0.15, 0.2) is 30.3 Å². The molecule has 4 nitrogen and oxygen atoms in total. The highest BCUT2D eigenvalue weighted by molar-refractivity contribution is 5.15. The lowest BCUT2D eigenvalue weighted by atomic mass is 10.1. The summed E-state index contributed by atoms with van der Waals surface area (Å²) in [4.78, 5) is 4.85. The molecular weight excluding hydrogens is 274 g/mol. The molecule has 2 N–H and O–H groups in total. The molecule has 2 heterocycles. The Kier molecular flexibility index (Phi) is 5.14. The molecule has 4 heteroatoms. The molecule has 122 valence electrons. The second-order valence-electron chi connectivity index (χ2n) is 7.09. The Morgan fingerprint density at radius 2 is 1.95 bits per heavy atom. The van der Waals surface area contributed by atoms with Crippen molar-refractivity contribution in [3.05, 3.63) is 35.9 Å². The number of nitrogens with one attached hydrogen (secondary N) is 1. The van der Waals surface area contributed by atoms with E-state index in [2.05, 4.69) is 59.4 Å². The molecule has 0 radical (unpaired) electrons. The summed E-state index contributed by atoms with van der Waals surface area (Å²) in [5.74, 6) is 0. The predicted molar refractivity (Wildman–Crippen MR) is 89.8 cm³/mol. The number of likely N-dealkylation sites (tertiary alicyclic amines) is 2. The molecule has 1 aromatic rings. The van der Waals surface area contributed by atoms with Crippen LogP contribution in [-0.4, -0.2) is 65.8 Å². The molecule has 2 fully saturated rings. The summed E-state index contributed by atoms with van der Waals surface area (Å²) < 4.78 is 0. The van der Waals surface area contributed by atoms with Crippen LogP contribution in [-0.2, 0) is 6.54 Å². The minimum Gasteiger partial charge on any atom is -0.392 e. The van der Waals surface area contributed by atoms with Gasteiger partial charge in [-0.15, -0.1) is 0 Å². The smallest absolute Gasteiger partial charge is 0.0682 e. The largest absolute Gasteiger partial charge is 0.392 e. The lowest BCUT2D eigenvalue weighted by Gasteiger charge is -2.26. The Hall–Kier alpha value is -0.940. The van der Waals surface area contributed by atoms with Crippen molar-refractivity contribution in [1.29, 1.82) is 0 Å². The molecule has 4 atom stereocenters. The molecule has 0 spiro atoms. The van der Waals surface area contributed by atoms with Crippen LogP contribution < -0.4 is 5.32 Å². The van der Waals surface area contributed by atoms with E-state index in [1.54, 1.807) is 0 Å². The van der Waals surface area contributed by atoms with E-state index in [0.717, 1.165) is 32.6 Å². The van der Waals surface area contributed by atoms with E-state index < -0.39 is 0 Å². The quantitative estimate of drug-likeness (QED) is 0.860. The maximum absolute atomic E-state index is 10.0. The zero-order valence-electron chi connectivity index (χ0n) is 13.8. The normalized spacial score (nSPS) is 33.6. The Bertz CT molecular complexity index is 457. The van der Waals surface area contributed by atoms with E-state index in [4.69, 9.17) is 0 Å². The molecule has 0 amide bonds. The first-order chi connectivity index (χ1) is 10.6. The van der Waals surface area contributed by atoms with E-state index in [9.17, 15) is 5.11 Å². The lowest BCUT2D eigenvalue weighted by molar-refractivity contribution is 0.172. The number of aliphatic hydroxyl groups is 1. The monoisotopic (exact) mass is 303 g/mol. The molecule has 2 aliphatic rings. The molecule has 0 bridgehead atoms. The fourth-order valence-electron chi connectivity index (χ4n) is 3.83. The highest BCUT2D eigenvalue weighted by atomic mass is 16.3. The standard InChI is InChI=1S/C18H29N3O/c1-14-8-16(12-20(14)2)19-10-17-9-18(22)13-21(17)11-15-6-4-3-5-7-15/h3-7,14,16-19,22H,8-13H2,1-2H3/t14-,16+,17-,18-/m1/s1. The van der Waals surface area contributed by atoms with Crippen LogP contribution in [0.25, 0.3) is 0 Å². The summed E-state index contributed by atoms with van der Waals surface area (Å²) in [6.45, 7) is 6.14.